The number of hydrogen-bond donors (Lipinski definition) is 1. The first-order valence-electron chi connectivity index (χ1n) is 12.1. The van der Waals surface area contributed by atoms with Crippen molar-refractivity contribution < 1.29 is 27.5 Å². The first-order valence-corrected chi connectivity index (χ1v) is 14.4. The summed E-state index contributed by atoms with van der Waals surface area (Å²) in [5, 5.41) is 3.49. The molecule has 1 saturated heterocycles. The van der Waals surface area contributed by atoms with Gasteiger partial charge in [-0.05, 0) is 75.3 Å². The smallest absolute Gasteiger partial charge is 0.341 e. The van der Waals surface area contributed by atoms with Crippen LogP contribution < -0.4 is 10.1 Å². The summed E-state index contributed by atoms with van der Waals surface area (Å²) >= 11 is 1.45. The monoisotopic (exact) mass is 520 g/mol. The zero-order valence-corrected chi connectivity index (χ0v) is 21.8. The van der Waals surface area contributed by atoms with Gasteiger partial charge in [0.05, 0.1) is 30.1 Å². The molecule has 1 fully saturated rings. The molecule has 1 unspecified atom stereocenters. The molecule has 0 spiro atoms. The van der Waals surface area contributed by atoms with E-state index < -0.39 is 21.9 Å². The maximum atomic E-state index is 13.3. The van der Waals surface area contributed by atoms with Gasteiger partial charge >= 0.3 is 5.97 Å². The summed E-state index contributed by atoms with van der Waals surface area (Å²) in [6, 6.07) is 6.25. The van der Waals surface area contributed by atoms with Gasteiger partial charge in [-0.2, -0.15) is 4.31 Å². The van der Waals surface area contributed by atoms with Gasteiger partial charge in [0.15, 0.2) is 0 Å². The van der Waals surface area contributed by atoms with Crippen molar-refractivity contribution in [1.29, 1.82) is 0 Å². The van der Waals surface area contributed by atoms with Gasteiger partial charge in [0, 0.05) is 18.0 Å². The minimum atomic E-state index is -3.74. The standard InChI is InChI=1S/C25H32N2O6S2/c1-3-33-25(29)22-20-9-5-4-6-10-21(20)34-24(22)26-23(28)17-8-7-15-27(16-17)35(30,31)19-13-11-18(32-2)12-14-19/h11-14,17H,3-10,15-16H2,1-2H3,(H,26,28). The van der Waals surface area contributed by atoms with Crippen LogP contribution in [0, 0.1) is 5.92 Å². The number of fused-ring (bicyclic) bond motifs is 1. The molecule has 2 aliphatic rings. The Labute approximate surface area is 210 Å². The van der Waals surface area contributed by atoms with E-state index in [0.717, 1.165) is 42.5 Å². The van der Waals surface area contributed by atoms with Crippen molar-refractivity contribution in [3.8, 4) is 5.75 Å². The highest BCUT2D eigenvalue weighted by Gasteiger charge is 2.35. The number of carbonyl (C=O) groups excluding carboxylic acids is 2. The Morgan fingerprint density at radius 1 is 1.11 bits per heavy atom. The molecule has 1 aliphatic carbocycles. The molecule has 1 aromatic heterocycles. The zero-order valence-electron chi connectivity index (χ0n) is 20.2. The average molecular weight is 521 g/mol. The molecule has 1 atom stereocenters. The Morgan fingerprint density at radius 2 is 1.86 bits per heavy atom. The number of carbonyl (C=O) groups is 2. The fourth-order valence-electron chi connectivity index (χ4n) is 4.74. The summed E-state index contributed by atoms with van der Waals surface area (Å²) in [7, 11) is -2.21. The van der Waals surface area contributed by atoms with Crippen LogP contribution in [0.15, 0.2) is 29.2 Å². The lowest BCUT2D eigenvalue weighted by Crippen LogP contribution is -2.43. The van der Waals surface area contributed by atoms with E-state index >= 15 is 0 Å². The molecule has 10 heteroatoms. The Balaban J connectivity index is 1.52. The minimum Gasteiger partial charge on any atom is -0.497 e. The van der Waals surface area contributed by atoms with Gasteiger partial charge < -0.3 is 14.8 Å². The lowest BCUT2D eigenvalue weighted by molar-refractivity contribution is -0.120. The van der Waals surface area contributed by atoms with Crippen molar-refractivity contribution >= 4 is 38.2 Å². The molecule has 2 heterocycles. The second kappa shape index (κ2) is 11.1. The number of methoxy groups -OCH3 is 1. The molecule has 35 heavy (non-hydrogen) atoms. The topological polar surface area (TPSA) is 102 Å². The molecule has 1 amide bonds. The van der Waals surface area contributed by atoms with Crippen molar-refractivity contribution in [3.63, 3.8) is 0 Å². The summed E-state index contributed by atoms with van der Waals surface area (Å²) in [6.07, 6.45) is 6.03. The maximum absolute atomic E-state index is 13.3. The SMILES string of the molecule is CCOC(=O)c1c(NC(=O)C2CCCN(S(=O)(=O)c3ccc(OC)cc3)C2)sc2c1CCCCC2. The molecule has 4 rings (SSSR count). The van der Waals surface area contributed by atoms with Crippen molar-refractivity contribution in [1.82, 2.24) is 4.31 Å². The van der Waals surface area contributed by atoms with E-state index in [1.54, 1.807) is 19.1 Å². The van der Waals surface area contributed by atoms with E-state index in [0.29, 0.717) is 35.7 Å². The molecule has 1 aliphatic heterocycles. The van der Waals surface area contributed by atoms with Gasteiger partial charge in [-0.15, -0.1) is 11.3 Å². The third-order valence-corrected chi connectivity index (χ3v) is 9.68. The number of piperidine rings is 1. The highest BCUT2D eigenvalue weighted by Crippen LogP contribution is 2.38. The number of rotatable bonds is 7. The van der Waals surface area contributed by atoms with E-state index in [4.69, 9.17) is 9.47 Å². The average Bonchev–Trinajstić information content (AvgIpc) is 3.04. The maximum Gasteiger partial charge on any atom is 0.341 e. The number of aryl methyl sites for hydroxylation is 1. The number of thiophene rings is 1. The second-order valence-electron chi connectivity index (χ2n) is 8.86. The van der Waals surface area contributed by atoms with Crippen LogP contribution in [0.2, 0.25) is 0 Å². The summed E-state index contributed by atoms with van der Waals surface area (Å²) in [5.41, 5.74) is 1.47. The Morgan fingerprint density at radius 3 is 2.57 bits per heavy atom. The van der Waals surface area contributed by atoms with Crippen LogP contribution in [0.1, 0.15) is 59.8 Å². The number of benzene rings is 1. The highest BCUT2D eigenvalue weighted by atomic mass is 32.2. The number of ether oxygens (including phenoxy) is 2. The van der Waals surface area contributed by atoms with Crippen LogP contribution in [-0.2, 0) is 32.4 Å². The van der Waals surface area contributed by atoms with Gasteiger partial charge in [-0.1, -0.05) is 6.42 Å². The number of nitrogens with zero attached hydrogens (tertiary/aromatic N) is 1. The fourth-order valence-corrected chi connectivity index (χ4v) is 7.54. The highest BCUT2D eigenvalue weighted by molar-refractivity contribution is 7.89. The van der Waals surface area contributed by atoms with Crippen LogP contribution in [0.5, 0.6) is 5.75 Å². The molecule has 2 aromatic rings. The van der Waals surface area contributed by atoms with Crippen molar-refractivity contribution in [3.05, 3.63) is 40.3 Å². The summed E-state index contributed by atoms with van der Waals surface area (Å²) in [4.78, 5) is 27.4. The van der Waals surface area contributed by atoms with E-state index in [1.807, 2.05) is 0 Å². The Hall–Kier alpha value is -2.43. The van der Waals surface area contributed by atoms with Crippen molar-refractivity contribution in [2.24, 2.45) is 5.92 Å². The third-order valence-electron chi connectivity index (χ3n) is 6.59. The fraction of sp³-hybridized carbons (Fsp3) is 0.520. The predicted molar refractivity (Wildman–Crippen MR) is 135 cm³/mol. The zero-order chi connectivity index (χ0) is 25.0. The van der Waals surface area contributed by atoms with E-state index in [1.165, 1.54) is 34.9 Å². The molecule has 190 valence electrons. The van der Waals surface area contributed by atoms with E-state index in [9.17, 15) is 18.0 Å². The lowest BCUT2D eigenvalue weighted by atomic mass is 9.98. The van der Waals surface area contributed by atoms with Crippen LogP contribution in [0.4, 0.5) is 5.00 Å². The van der Waals surface area contributed by atoms with E-state index in [2.05, 4.69) is 5.32 Å². The molecule has 8 nitrogen and oxygen atoms in total. The van der Waals surface area contributed by atoms with Gasteiger partial charge in [0.1, 0.15) is 10.8 Å². The largest absolute Gasteiger partial charge is 0.497 e. The van der Waals surface area contributed by atoms with Gasteiger partial charge in [-0.25, -0.2) is 13.2 Å². The normalized spacial score (nSPS) is 18.9. The van der Waals surface area contributed by atoms with Crippen LogP contribution >= 0.6 is 11.3 Å². The van der Waals surface area contributed by atoms with Gasteiger partial charge in [-0.3, -0.25) is 4.79 Å². The molecular formula is C25H32N2O6S2. The van der Waals surface area contributed by atoms with Crippen LogP contribution in [-0.4, -0.2) is 51.4 Å². The summed E-state index contributed by atoms with van der Waals surface area (Å²) < 4.78 is 38.2. The van der Waals surface area contributed by atoms with Gasteiger partial charge in [0.2, 0.25) is 15.9 Å². The van der Waals surface area contributed by atoms with Crippen molar-refractivity contribution in [2.75, 3.05) is 32.1 Å². The summed E-state index contributed by atoms with van der Waals surface area (Å²) in [6.45, 7) is 2.48. The summed E-state index contributed by atoms with van der Waals surface area (Å²) in [5.74, 6) is -0.600. The number of amides is 1. The van der Waals surface area contributed by atoms with E-state index in [-0.39, 0.29) is 24.0 Å². The molecular weight excluding hydrogens is 488 g/mol. The Kier molecular flexibility index (Phi) is 8.13. The predicted octanol–water partition coefficient (Wildman–Crippen LogP) is 4.24. The lowest BCUT2D eigenvalue weighted by Gasteiger charge is -2.31. The quantitative estimate of drug-likeness (QED) is 0.433. The first-order chi connectivity index (χ1) is 16.8. The number of sulfonamides is 1. The van der Waals surface area contributed by atoms with Crippen LogP contribution in [0.3, 0.4) is 0 Å². The first kappa shape index (κ1) is 25.7. The van der Waals surface area contributed by atoms with Crippen LogP contribution in [0.25, 0.3) is 0 Å². The number of nitrogens with one attached hydrogen (secondary N) is 1. The molecule has 0 saturated carbocycles. The van der Waals surface area contributed by atoms with Gasteiger partial charge in [0.25, 0.3) is 0 Å². The minimum absolute atomic E-state index is 0.0972. The molecule has 0 bridgehead atoms. The number of esters is 1. The number of hydrogen-bond acceptors (Lipinski definition) is 7. The molecule has 1 aromatic carbocycles. The Bertz CT molecular complexity index is 1170. The third kappa shape index (κ3) is 5.54. The van der Waals surface area contributed by atoms with Crippen molar-refractivity contribution in [2.45, 2.75) is 56.8 Å². The molecule has 1 N–H and O–H groups in total. The number of anilines is 1. The second-order valence-corrected chi connectivity index (χ2v) is 11.9. The molecule has 0 radical (unpaired) electrons.